The van der Waals surface area contributed by atoms with Crippen molar-refractivity contribution in [3.05, 3.63) is 0 Å². The molecule has 1 rings (SSSR count). The van der Waals surface area contributed by atoms with Crippen LogP contribution in [0, 0.1) is 0 Å². The first-order valence-corrected chi connectivity index (χ1v) is 7.43. The standard InChI is InChI=1S/C12H21BrN2O2/c1-2-10(15-8-4-6-12(15)17)5-3-7-14-11(16)9-13/h10H,2-9H2,1H3,(H,14,16)/t10-/m1/s1. The van der Waals surface area contributed by atoms with Crippen LogP contribution < -0.4 is 5.32 Å². The minimum Gasteiger partial charge on any atom is -0.355 e. The Morgan fingerprint density at radius 3 is 2.88 bits per heavy atom. The maximum absolute atomic E-state index is 11.6. The highest BCUT2D eigenvalue weighted by Gasteiger charge is 2.26. The number of amides is 2. The molecule has 0 aromatic carbocycles. The fourth-order valence-corrected chi connectivity index (χ4v) is 2.45. The highest BCUT2D eigenvalue weighted by molar-refractivity contribution is 9.09. The third kappa shape index (κ3) is 4.66. The lowest BCUT2D eigenvalue weighted by atomic mass is 10.1. The molecule has 0 spiro atoms. The van der Waals surface area contributed by atoms with Crippen LogP contribution in [-0.2, 0) is 9.59 Å². The lowest BCUT2D eigenvalue weighted by Gasteiger charge is -2.26. The number of nitrogens with one attached hydrogen (secondary N) is 1. The van der Waals surface area contributed by atoms with Crippen LogP contribution in [0.4, 0.5) is 0 Å². The number of carbonyl (C=O) groups is 2. The van der Waals surface area contributed by atoms with Gasteiger partial charge >= 0.3 is 0 Å². The lowest BCUT2D eigenvalue weighted by Crippen LogP contribution is -2.36. The molecular weight excluding hydrogens is 284 g/mol. The molecule has 1 fully saturated rings. The Bertz CT molecular complexity index is 271. The largest absolute Gasteiger partial charge is 0.355 e. The molecule has 0 bridgehead atoms. The number of rotatable bonds is 7. The third-order valence-corrected chi connectivity index (χ3v) is 3.69. The van der Waals surface area contributed by atoms with E-state index < -0.39 is 0 Å². The van der Waals surface area contributed by atoms with E-state index in [1.807, 2.05) is 4.90 Å². The summed E-state index contributed by atoms with van der Waals surface area (Å²) in [6.07, 6.45) is 4.61. The number of hydrogen-bond donors (Lipinski definition) is 1. The van der Waals surface area contributed by atoms with Gasteiger partial charge in [0.1, 0.15) is 0 Å². The number of carbonyl (C=O) groups excluding carboxylic acids is 2. The first-order valence-electron chi connectivity index (χ1n) is 6.31. The molecule has 1 heterocycles. The van der Waals surface area contributed by atoms with Crippen molar-refractivity contribution in [2.45, 2.75) is 45.1 Å². The molecule has 1 N–H and O–H groups in total. The average Bonchev–Trinajstić information content (AvgIpc) is 2.75. The molecule has 0 unspecified atom stereocenters. The predicted molar refractivity (Wildman–Crippen MR) is 71.1 cm³/mol. The molecule has 0 aromatic heterocycles. The van der Waals surface area contributed by atoms with E-state index in [1.165, 1.54) is 0 Å². The van der Waals surface area contributed by atoms with E-state index in [0.717, 1.165) is 32.2 Å². The quantitative estimate of drug-likeness (QED) is 0.575. The van der Waals surface area contributed by atoms with Gasteiger partial charge in [-0.05, 0) is 25.7 Å². The Hall–Kier alpha value is -0.580. The summed E-state index contributed by atoms with van der Waals surface area (Å²) in [5.74, 6) is 0.316. The molecule has 0 saturated carbocycles. The number of likely N-dealkylation sites (tertiary alicyclic amines) is 1. The van der Waals surface area contributed by atoms with Gasteiger partial charge in [0.2, 0.25) is 11.8 Å². The summed E-state index contributed by atoms with van der Waals surface area (Å²) in [5.41, 5.74) is 0. The van der Waals surface area contributed by atoms with Gasteiger partial charge in [-0.3, -0.25) is 9.59 Å². The Morgan fingerprint density at radius 2 is 2.35 bits per heavy atom. The van der Waals surface area contributed by atoms with Gasteiger partial charge in [0.25, 0.3) is 0 Å². The molecule has 0 aliphatic carbocycles. The van der Waals surface area contributed by atoms with Gasteiger partial charge in [0.05, 0.1) is 5.33 Å². The molecule has 1 saturated heterocycles. The first-order chi connectivity index (χ1) is 8.19. The number of halogens is 1. The third-order valence-electron chi connectivity index (χ3n) is 3.18. The minimum absolute atomic E-state index is 0.0234. The van der Waals surface area contributed by atoms with Gasteiger partial charge < -0.3 is 10.2 Å². The van der Waals surface area contributed by atoms with E-state index in [4.69, 9.17) is 0 Å². The van der Waals surface area contributed by atoms with Gasteiger partial charge in [-0.25, -0.2) is 0 Å². The molecule has 0 radical (unpaired) electrons. The smallest absolute Gasteiger partial charge is 0.230 e. The lowest BCUT2D eigenvalue weighted by molar-refractivity contribution is -0.130. The minimum atomic E-state index is 0.0234. The van der Waals surface area contributed by atoms with Crippen molar-refractivity contribution in [2.24, 2.45) is 0 Å². The second kappa shape index (κ2) is 7.69. The van der Waals surface area contributed by atoms with Crippen molar-refractivity contribution in [3.8, 4) is 0 Å². The van der Waals surface area contributed by atoms with Crippen LogP contribution in [0.25, 0.3) is 0 Å². The van der Waals surface area contributed by atoms with Crippen molar-refractivity contribution in [2.75, 3.05) is 18.4 Å². The summed E-state index contributed by atoms with van der Waals surface area (Å²) in [5, 5.41) is 3.18. The van der Waals surface area contributed by atoms with Crippen LogP contribution in [0.1, 0.15) is 39.0 Å². The van der Waals surface area contributed by atoms with Crippen molar-refractivity contribution >= 4 is 27.7 Å². The van der Waals surface area contributed by atoms with Crippen LogP contribution in [0.5, 0.6) is 0 Å². The number of hydrogen-bond acceptors (Lipinski definition) is 2. The van der Waals surface area contributed by atoms with Gasteiger partial charge in [0, 0.05) is 25.6 Å². The summed E-state index contributed by atoms with van der Waals surface area (Å²) >= 11 is 3.11. The second-order valence-electron chi connectivity index (χ2n) is 4.38. The molecule has 1 aliphatic rings. The summed E-state index contributed by atoms with van der Waals surface area (Å²) in [6.45, 7) is 3.72. The highest BCUT2D eigenvalue weighted by Crippen LogP contribution is 2.18. The number of alkyl halides is 1. The summed E-state index contributed by atoms with van der Waals surface area (Å²) in [7, 11) is 0. The molecular formula is C12H21BrN2O2. The highest BCUT2D eigenvalue weighted by atomic mass is 79.9. The molecule has 5 heteroatoms. The molecule has 0 aromatic rings. The SMILES string of the molecule is CC[C@H](CCCNC(=O)CBr)N1CCCC1=O. The Kier molecular flexibility index (Phi) is 6.55. The van der Waals surface area contributed by atoms with Crippen molar-refractivity contribution in [1.29, 1.82) is 0 Å². The maximum atomic E-state index is 11.6. The zero-order chi connectivity index (χ0) is 12.7. The monoisotopic (exact) mass is 304 g/mol. The van der Waals surface area contributed by atoms with E-state index in [0.29, 0.717) is 30.2 Å². The first kappa shape index (κ1) is 14.5. The van der Waals surface area contributed by atoms with Crippen LogP contribution in [0.3, 0.4) is 0 Å². The fourth-order valence-electron chi connectivity index (χ4n) is 2.25. The van der Waals surface area contributed by atoms with Gasteiger partial charge in [0.15, 0.2) is 0 Å². The molecule has 2 amide bonds. The zero-order valence-corrected chi connectivity index (χ0v) is 12.0. The summed E-state index contributed by atoms with van der Waals surface area (Å²) in [6, 6.07) is 0.353. The molecule has 17 heavy (non-hydrogen) atoms. The molecule has 1 atom stereocenters. The summed E-state index contributed by atoms with van der Waals surface area (Å²) in [4.78, 5) is 24.6. The Balaban J connectivity index is 2.23. The molecule has 98 valence electrons. The molecule has 1 aliphatic heterocycles. The van der Waals surface area contributed by atoms with E-state index >= 15 is 0 Å². The van der Waals surface area contributed by atoms with Gasteiger partial charge in [-0.1, -0.05) is 22.9 Å². The summed E-state index contributed by atoms with van der Waals surface area (Å²) < 4.78 is 0. The van der Waals surface area contributed by atoms with Crippen LogP contribution >= 0.6 is 15.9 Å². The Labute approximate surface area is 111 Å². The van der Waals surface area contributed by atoms with Crippen molar-refractivity contribution in [3.63, 3.8) is 0 Å². The van der Waals surface area contributed by atoms with Crippen LogP contribution in [0.15, 0.2) is 0 Å². The van der Waals surface area contributed by atoms with E-state index in [1.54, 1.807) is 0 Å². The Morgan fingerprint density at radius 1 is 1.59 bits per heavy atom. The van der Waals surface area contributed by atoms with Crippen LogP contribution in [-0.4, -0.2) is 41.2 Å². The van der Waals surface area contributed by atoms with Crippen molar-refractivity contribution < 1.29 is 9.59 Å². The fraction of sp³-hybridized carbons (Fsp3) is 0.833. The zero-order valence-electron chi connectivity index (χ0n) is 10.4. The second-order valence-corrected chi connectivity index (χ2v) is 4.94. The average molecular weight is 305 g/mol. The van der Waals surface area contributed by atoms with E-state index in [9.17, 15) is 9.59 Å². The predicted octanol–water partition coefficient (Wildman–Crippen LogP) is 1.68. The van der Waals surface area contributed by atoms with E-state index in [2.05, 4.69) is 28.2 Å². The van der Waals surface area contributed by atoms with E-state index in [-0.39, 0.29) is 5.91 Å². The van der Waals surface area contributed by atoms with Gasteiger partial charge in [-0.2, -0.15) is 0 Å². The topological polar surface area (TPSA) is 49.4 Å². The van der Waals surface area contributed by atoms with Gasteiger partial charge in [-0.15, -0.1) is 0 Å². The number of nitrogens with zero attached hydrogens (tertiary/aromatic N) is 1. The van der Waals surface area contributed by atoms with Crippen LogP contribution in [0.2, 0.25) is 0 Å². The van der Waals surface area contributed by atoms with Crippen molar-refractivity contribution in [1.82, 2.24) is 10.2 Å². The molecule has 4 nitrogen and oxygen atoms in total. The maximum Gasteiger partial charge on any atom is 0.230 e. The normalized spacial score (nSPS) is 17.3.